The molecule has 0 unspecified atom stereocenters. The maximum atomic E-state index is 13.0. The van der Waals surface area contributed by atoms with Gasteiger partial charge in [0.05, 0.1) is 17.8 Å². The topological polar surface area (TPSA) is 87.7 Å². The lowest BCUT2D eigenvalue weighted by atomic mass is 10.1. The smallest absolute Gasteiger partial charge is 0.319 e. The molecule has 0 aromatic heterocycles. The first-order chi connectivity index (χ1) is 14.8. The Kier molecular flexibility index (Phi) is 7.02. The number of rotatable bonds is 8. The highest BCUT2D eigenvalue weighted by Crippen LogP contribution is 2.30. The summed E-state index contributed by atoms with van der Waals surface area (Å²) < 4.78 is 31.1. The van der Waals surface area contributed by atoms with Crippen LogP contribution in [0.2, 0.25) is 0 Å². The molecule has 8 heteroatoms. The van der Waals surface area contributed by atoms with Crippen molar-refractivity contribution >= 4 is 38.0 Å². The van der Waals surface area contributed by atoms with Crippen molar-refractivity contribution in [2.45, 2.75) is 11.3 Å². The molecule has 3 aromatic carbocycles. The molecule has 0 saturated heterocycles. The van der Waals surface area contributed by atoms with Crippen molar-refractivity contribution < 1.29 is 17.9 Å². The zero-order valence-corrected chi connectivity index (χ0v) is 18.7. The Morgan fingerprint density at radius 3 is 2.45 bits per heavy atom. The lowest BCUT2D eigenvalue weighted by Crippen LogP contribution is -2.30. The summed E-state index contributed by atoms with van der Waals surface area (Å²) in [5, 5.41) is 6.99. The van der Waals surface area contributed by atoms with Gasteiger partial charge in [0.1, 0.15) is 5.75 Å². The summed E-state index contributed by atoms with van der Waals surface area (Å²) in [5.74, 6) is 0.578. The van der Waals surface area contributed by atoms with Crippen molar-refractivity contribution in [2.75, 3.05) is 43.7 Å². The van der Waals surface area contributed by atoms with Crippen LogP contribution in [0.1, 0.15) is 6.42 Å². The van der Waals surface area contributed by atoms with Crippen molar-refractivity contribution in [1.29, 1.82) is 0 Å². The van der Waals surface area contributed by atoms with Gasteiger partial charge in [-0.1, -0.05) is 30.3 Å². The normalized spacial score (nSPS) is 11.2. The number of carbonyl (C=O) groups excluding carboxylic acids is 1. The second kappa shape index (κ2) is 9.70. The predicted octanol–water partition coefficient (Wildman–Crippen LogP) is 3.90. The van der Waals surface area contributed by atoms with Gasteiger partial charge in [0, 0.05) is 48.9 Å². The number of fused-ring (bicyclic) bond motifs is 1. The van der Waals surface area contributed by atoms with Crippen LogP contribution in [0, 0.1) is 0 Å². The number of hydrogen-bond donors (Lipinski definition) is 2. The molecule has 0 aliphatic heterocycles. The fraction of sp³-hybridized carbons (Fsp3) is 0.261. The Morgan fingerprint density at radius 1 is 1.00 bits per heavy atom. The molecule has 7 nitrogen and oxygen atoms in total. The first-order valence-electron chi connectivity index (χ1n) is 9.92. The summed E-state index contributed by atoms with van der Waals surface area (Å²) in [6.45, 7) is 0.239. The summed E-state index contributed by atoms with van der Waals surface area (Å²) >= 11 is 0. The van der Waals surface area contributed by atoms with E-state index in [2.05, 4.69) is 10.6 Å². The average Bonchev–Trinajstić information content (AvgIpc) is 2.76. The van der Waals surface area contributed by atoms with Crippen LogP contribution in [-0.4, -0.2) is 48.0 Å². The van der Waals surface area contributed by atoms with Crippen LogP contribution in [0.4, 0.5) is 16.2 Å². The van der Waals surface area contributed by atoms with Gasteiger partial charge in [-0.25, -0.2) is 13.2 Å². The van der Waals surface area contributed by atoms with Crippen LogP contribution in [-0.2, 0) is 9.84 Å². The van der Waals surface area contributed by atoms with Gasteiger partial charge in [0.2, 0.25) is 0 Å². The second-order valence-corrected chi connectivity index (χ2v) is 9.39. The zero-order valence-electron chi connectivity index (χ0n) is 17.9. The first kappa shape index (κ1) is 22.4. The highest BCUT2D eigenvalue weighted by molar-refractivity contribution is 7.91. The molecule has 2 N–H and O–H groups in total. The minimum Gasteiger partial charge on any atom is -0.497 e. The number of methoxy groups -OCH3 is 1. The van der Waals surface area contributed by atoms with E-state index in [1.807, 2.05) is 43.3 Å². The third-order valence-electron chi connectivity index (χ3n) is 4.88. The number of ether oxygens (including phenoxy) is 1. The van der Waals surface area contributed by atoms with Gasteiger partial charge in [-0.2, -0.15) is 0 Å². The van der Waals surface area contributed by atoms with Crippen LogP contribution >= 0.6 is 0 Å². The maximum Gasteiger partial charge on any atom is 0.319 e. The Hall–Kier alpha value is -3.26. The summed E-state index contributed by atoms with van der Waals surface area (Å²) in [5.41, 5.74) is 1.56. The van der Waals surface area contributed by atoms with Crippen LogP contribution in [0.25, 0.3) is 10.8 Å². The van der Waals surface area contributed by atoms with Gasteiger partial charge in [-0.3, -0.25) is 0 Å². The van der Waals surface area contributed by atoms with Crippen molar-refractivity contribution in [3.05, 3.63) is 60.7 Å². The SMILES string of the molecule is COc1cccc(NC(=O)NCCCS(=O)(=O)c2cccc3c(N(C)C)cccc23)c1. The molecule has 3 aromatic rings. The number of urea groups is 1. The summed E-state index contributed by atoms with van der Waals surface area (Å²) in [4.78, 5) is 14.3. The number of benzene rings is 3. The molecule has 2 amide bonds. The van der Waals surface area contributed by atoms with Crippen molar-refractivity contribution in [2.24, 2.45) is 0 Å². The average molecular weight is 442 g/mol. The van der Waals surface area contributed by atoms with E-state index in [0.717, 1.165) is 11.1 Å². The molecule has 0 spiro atoms. The van der Waals surface area contributed by atoms with Crippen molar-refractivity contribution in [3.8, 4) is 5.75 Å². The lowest BCUT2D eigenvalue weighted by molar-refractivity contribution is 0.252. The third-order valence-corrected chi connectivity index (χ3v) is 6.73. The minimum atomic E-state index is -3.50. The molecule has 0 bridgehead atoms. The van der Waals surface area contributed by atoms with Gasteiger partial charge < -0.3 is 20.3 Å². The van der Waals surface area contributed by atoms with Crippen molar-refractivity contribution in [1.82, 2.24) is 5.32 Å². The molecule has 3 rings (SSSR count). The highest BCUT2D eigenvalue weighted by Gasteiger charge is 2.18. The predicted molar refractivity (Wildman–Crippen MR) is 125 cm³/mol. The molecular weight excluding hydrogens is 414 g/mol. The number of hydrogen-bond acceptors (Lipinski definition) is 5. The molecule has 0 heterocycles. The van der Waals surface area contributed by atoms with E-state index < -0.39 is 15.9 Å². The molecule has 0 aliphatic carbocycles. The molecule has 0 radical (unpaired) electrons. The number of carbonyl (C=O) groups is 1. The van der Waals surface area contributed by atoms with Crippen molar-refractivity contribution in [3.63, 3.8) is 0 Å². The Balaban J connectivity index is 1.62. The van der Waals surface area contributed by atoms with Gasteiger partial charge in [0.15, 0.2) is 9.84 Å². The van der Waals surface area contributed by atoms with Crippen LogP contribution in [0.15, 0.2) is 65.6 Å². The van der Waals surface area contributed by atoms with Gasteiger partial charge in [-0.15, -0.1) is 0 Å². The number of sulfone groups is 1. The van der Waals surface area contributed by atoms with Crippen LogP contribution in [0.3, 0.4) is 0 Å². The van der Waals surface area contributed by atoms with Gasteiger partial charge in [0.25, 0.3) is 0 Å². The minimum absolute atomic E-state index is 0.0578. The Morgan fingerprint density at radius 2 is 1.71 bits per heavy atom. The number of anilines is 2. The van der Waals surface area contributed by atoms with Gasteiger partial charge in [-0.05, 0) is 30.7 Å². The lowest BCUT2D eigenvalue weighted by Gasteiger charge is -2.17. The molecule has 0 atom stereocenters. The van der Waals surface area contributed by atoms with E-state index >= 15 is 0 Å². The number of nitrogens with one attached hydrogen (secondary N) is 2. The Labute approximate surface area is 182 Å². The van der Waals surface area contributed by atoms with Gasteiger partial charge >= 0.3 is 6.03 Å². The molecule has 31 heavy (non-hydrogen) atoms. The molecular formula is C23H27N3O4S. The molecule has 164 valence electrons. The quantitative estimate of drug-likeness (QED) is 0.518. The van der Waals surface area contributed by atoms with Crippen LogP contribution in [0.5, 0.6) is 5.75 Å². The third kappa shape index (κ3) is 5.46. The van der Waals surface area contributed by atoms with E-state index in [-0.39, 0.29) is 12.3 Å². The zero-order chi connectivity index (χ0) is 22.4. The first-order valence-corrected chi connectivity index (χ1v) is 11.6. The van der Waals surface area contributed by atoms with E-state index in [1.54, 1.807) is 43.5 Å². The van der Waals surface area contributed by atoms with E-state index in [9.17, 15) is 13.2 Å². The molecule has 0 fully saturated rings. The monoisotopic (exact) mass is 441 g/mol. The Bertz CT molecular complexity index is 1180. The fourth-order valence-corrected chi connectivity index (χ4v) is 4.92. The standard InChI is InChI=1S/C23H27N3O4S/c1-26(2)21-12-5-11-20-19(21)10-6-13-22(20)31(28,29)15-7-14-24-23(27)25-17-8-4-9-18(16-17)30-3/h4-6,8-13,16H,7,14-15H2,1-3H3,(H2,24,25,27). The molecule has 0 saturated carbocycles. The second-order valence-electron chi connectivity index (χ2n) is 7.31. The summed E-state index contributed by atoms with van der Waals surface area (Å²) in [7, 11) is 1.91. The summed E-state index contributed by atoms with van der Waals surface area (Å²) in [6.07, 6.45) is 0.303. The highest BCUT2D eigenvalue weighted by atomic mass is 32.2. The van der Waals surface area contributed by atoms with E-state index in [1.165, 1.54) is 0 Å². The van der Waals surface area contributed by atoms with E-state index in [0.29, 0.717) is 28.1 Å². The van der Waals surface area contributed by atoms with Crippen LogP contribution < -0.4 is 20.3 Å². The number of nitrogens with zero attached hydrogens (tertiary/aromatic N) is 1. The molecule has 0 aliphatic rings. The maximum absolute atomic E-state index is 13.0. The largest absolute Gasteiger partial charge is 0.497 e. The fourth-order valence-electron chi connectivity index (χ4n) is 3.38. The van der Waals surface area contributed by atoms with E-state index in [4.69, 9.17) is 4.74 Å². The summed E-state index contributed by atoms with van der Waals surface area (Å²) in [6, 6.07) is 17.6. The number of amides is 2.